The highest BCUT2D eigenvalue weighted by Crippen LogP contribution is 2.42. The lowest BCUT2D eigenvalue weighted by molar-refractivity contribution is 0.621. The molecule has 2 aromatic heterocycles. The molecule has 0 saturated heterocycles. The molecular weight excluding hydrogens is 625 g/mol. The second kappa shape index (κ2) is 11.9. The SMILES string of the molecule is c1ccc(-c2cccc(N(c3ccc(-c4cccc5nc(-c6cccc7oc8ccccc8c67)oc45)cc3)c3cccc4ccccc34)c2)cc1. The van der Waals surface area contributed by atoms with Crippen molar-refractivity contribution in [2.75, 3.05) is 4.90 Å². The third-order valence-electron chi connectivity index (χ3n) is 9.70. The van der Waals surface area contributed by atoms with Crippen LogP contribution in [0.4, 0.5) is 17.1 Å². The Balaban J connectivity index is 1.09. The topological polar surface area (TPSA) is 42.4 Å². The molecule has 0 aliphatic heterocycles. The first-order valence-electron chi connectivity index (χ1n) is 17.1. The molecular formula is C47H30N2O2. The Morgan fingerprint density at radius 1 is 0.431 bits per heavy atom. The Morgan fingerprint density at radius 2 is 1.12 bits per heavy atom. The molecule has 4 nitrogen and oxygen atoms in total. The number of furan rings is 1. The molecule has 0 bridgehead atoms. The van der Waals surface area contributed by atoms with Crippen molar-refractivity contribution >= 4 is 60.9 Å². The zero-order valence-corrected chi connectivity index (χ0v) is 27.5. The van der Waals surface area contributed by atoms with E-state index in [0.29, 0.717) is 5.89 Å². The van der Waals surface area contributed by atoms with Gasteiger partial charge in [0.25, 0.3) is 0 Å². The molecule has 10 aromatic rings. The van der Waals surface area contributed by atoms with Crippen molar-refractivity contribution in [2.45, 2.75) is 0 Å². The number of fused-ring (bicyclic) bond motifs is 5. The molecule has 8 aromatic carbocycles. The van der Waals surface area contributed by atoms with E-state index in [9.17, 15) is 0 Å². The Morgan fingerprint density at radius 3 is 2.02 bits per heavy atom. The van der Waals surface area contributed by atoms with Crippen LogP contribution in [0.1, 0.15) is 0 Å². The number of nitrogens with zero attached hydrogens (tertiary/aromatic N) is 2. The lowest BCUT2D eigenvalue weighted by Crippen LogP contribution is -2.10. The number of oxazole rings is 1. The zero-order valence-electron chi connectivity index (χ0n) is 27.5. The van der Waals surface area contributed by atoms with E-state index < -0.39 is 0 Å². The largest absolute Gasteiger partial charge is 0.456 e. The summed E-state index contributed by atoms with van der Waals surface area (Å²) in [4.78, 5) is 7.33. The minimum Gasteiger partial charge on any atom is -0.456 e. The first-order valence-corrected chi connectivity index (χ1v) is 17.1. The number of hydrogen-bond donors (Lipinski definition) is 0. The summed E-state index contributed by atoms with van der Waals surface area (Å²) in [6.07, 6.45) is 0. The van der Waals surface area contributed by atoms with Crippen molar-refractivity contribution in [1.29, 1.82) is 0 Å². The molecule has 0 atom stereocenters. The number of anilines is 3. The van der Waals surface area contributed by atoms with Crippen molar-refractivity contribution in [3.05, 3.63) is 182 Å². The van der Waals surface area contributed by atoms with Gasteiger partial charge in [-0.25, -0.2) is 4.98 Å². The lowest BCUT2D eigenvalue weighted by atomic mass is 10.0. The Bertz CT molecular complexity index is 2860. The maximum absolute atomic E-state index is 6.62. The van der Waals surface area contributed by atoms with Crippen molar-refractivity contribution in [2.24, 2.45) is 0 Å². The second-order valence-corrected chi connectivity index (χ2v) is 12.7. The average Bonchev–Trinajstić information content (AvgIpc) is 3.81. The minimum atomic E-state index is 0.576. The second-order valence-electron chi connectivity index (χ2n) is 12.7. The molecule has 0 N–H and O–H groups in total. The van der Waals surface area contributed by atoms with E-state index in [4.69, 9.17) is 13.8 Å². The van der Waals surface area contributed by atoms with Crippen LogP contribution in [0.2, 0.25) is 0 Å². The van der Waals surface area contributed by atoms with E-state index in [1.165, 1.54) is 21.9 Å². The molecule has 0 radical (unpaired) electrons. The summed E-state index contributed by atoms with van der Waals surface area (Å²) in [6.45, 7) is 0. The van der Waals surface area contributed by atoms with Crippen molar-refractivity contribution in [1.82, 2.24) is 4.98 Å². The van der Waals surface area contributed by atoms with Crippen LogP contribution in [0.25, 0.3) is 77.5 Å². The third kappa shape index (κ3) is 4.96. The maximum Gasteiger partial charge on any atom is 0.228 e. The fourth-order valence-electron chi connectivity index (χ4n) is 7.32. The van der Waals surface area contributed by atoms with Gasteiger partial charge in [-0.2, -0.15) is 0 Å². The van der Waals surface area contributed by atoms with Crippen LogP contribution in [0.5, 0.6) is 0 Å². The summed E-state index contributed by atoms with van der Waals surface area (Å²) in [6, 6.07) is 63.4. The molecule has 0 aliphatic carbocycles. The van der Waals surface area contributed by atoms with Crippen molar-refractivity contribution < 1.29 is 8.83 Å². The Hall–Kier alpha value is -6.91. The summed E-state index contributed by atoms with van der Waals surface area (Å²) >= 11 is 0. The highest BCUT2D eigenvalue weighted by Gasteiger charge is 2.20. The van der Waals surface area contributed by atoms with Gasteiger partial charge in [-0.15, -0.1) is 0 Å². The van der Waals surface area contributed by atoms with Crippen LogP contribution >= 0.6 is 0 Å². The molecule has 2 heterocycles. The number of hydrogen-bond acceptors (Lipinski definition) is 4. The van der Waals surface area contributed by atoms with Crippen LogP contribution in [-0.2, 0) is 0 Å². The summed E-state index contributed by atoms with van der Waals surface area (Å²) in [5, 5.41) is 4.44. The Kier molecular flexibility index (Phi) is 6.78. The summed E-state index contributed by atoms with van der Waals surface area (Å²) < 4.78 is 12.8. The Labute approximate surface area is 294 Å². The fourth-order valence-corrected chi connectivity index (χ4v) is 7.32. The molecule has 0 fully saturated rings. The first kappa shape index (κ1) is 29.0. The van der Waals surface area contributed by atoms with E-state index >= 15 is 0 Å². The normalized spacial score (nSPS) is 11.5. The van der Waals surface area contributed by atoms with Gasteiger partial charge in [0.2, 0.25) is 5.89 Å². The van der Waals surface area contributed by atoms with Gasteiger partial charge in [-0.3, -0.25) is 0 Å². The number of para-hydroxylation sites is 2. The smallest absolute Gasteiger partial charge is 0.228 e. The summed E-state index contributed by atoms with van der Waals surface area (Å²) in [5.74, 6) is 0.576. The molecule has 0 spiro atoms. The van der Waals surface area contributed by atoms with Gasteiger partial charge in [0.15, 0.2) is 5.58 Å². The third-order valence-corrected chi connectivity index (χ3v) is 9.70. The van der Waals surface area contributed by atoms with E-state index in [0.717, 1.165) is 66.8 Å². The molecule has 51 heavy (non-hydrogen) atoms. The van der Waals surface area contributed by atoms with Crippen LogP contribution in [-0.4, -0.2) is 4.98 Å². The van der Waals surface area contributed by atoms with Crippen LogP contribution in [0.3, 0.4) is 0 Å². The zero-order chi connectivity index (χ0) is 33.7. The van der Waals surface area contributed by atoms with Crippen LogP contribution < -0.4 is 4.90 Å². The van der Waals surface area contributed by atoms with Crippen molar-refractivity contribution in [3.8, 4) is 33.7 Å². The number of benzene rings is 8. The summed E-state index contributed by atoms with van der Waals surface area (Å²) in [7, 11) is 0. The summed E-state index contributed by atoms with van der Waals surface area (Å²) in [5.41, 5.74) is 11.8. The molecule has 4 heteroatoms. The standard InChI is InChI=1S/C47H30N2O2/c1-2-12-31(13-3-1)34-16-8-17-36(30-34)49(42-23-9-15-32-14-4-5-18-37(32)42)35-28-26-33(27-29-35)38-20-10-22-41-46(38)51-47(48-41)40-21-11-25-44-45(40)39-19-6-7-24-43(39)50-44/h1-30H. The van der Waals surface area contributed by atoms with E-state index in [1.807, 2.05) is 42.5 Å². The highest BCUT2D eigenvalue weighted by molar-refractivity contribution is 6.12. The predicted octanol–water partition coefficient (Wildman–Crippen LogP) is 13.4. The minimum absolute atomic E-state index is 0.576. The monoisotopic (exact) mass is 654 g/mol. The first-order chi connectivity index (χ1) is 25.3. The predicted molar refractivity (Wildman–Crippen MR) is 210 cm³/mol. The van der Waals surface area contributed by atoms with Gasteiger partial charge in [0.1, 0.15) is 16.7 Å². The molecule has 0 amide bonds. The molecule has 0 aliphatic rings. The van der Waals surface area contributed by atoms with Gasteiger partial charge in [0.05, 0.1) is 5.69 Å². The van der Waals surface area contributed by atoms with E-state index in [-0.39, 0.29) is 0 Å². The fraction of sp³-hybridized carbons (Fsp3) is 0. The van der Waals surface area contributed by atoms with Gasteiger partial charge < -0.3 is 13.7 Å². The van der Waals surface area contributed by atoms with Gasteiger partial charge in [0, 0.05) is 38.7 Å². The molecule has 10 rings (SSSR count). The molecule has 240 valence electrons. The van der Waals surface area contributed by atoms with E-state index in [1.54, 1.807) is 0 Å². The lowest BCUT2D eigenvalue weighted by Gasteiger charge is -2.27. The van der Waals surface area contributed by atoms with Gasteiger partial charge in [-0.1, -0.05) is 127 Å². The van der Waals surface area contributed by atoms with Crippen LogP contribution in [0, 0.1) is 0 Å². The van der Waals surface area contributed by atoms with Gasteiger partial charge >= 0.3 is 0 Å². The average molecular weight is 655 g/mol. The number of aromatic nitrogens is 1. The van der Waals surface area contributed by atoms with Crippen LogP contribution in [0.15, 0.2) is 191 Å². The van der Waals surface area contributed by atoms with E-state index in [2.05, 4.69) is 144 Å². The molecule has 0 saturated carbocycles. The quantitative estimate of drug-likeness (QED) is 0.179. The van der Waals surface area contributed by atoms with Gasteiger partial charge in [-0.05, 0) is 76.7 Å². The maximum atomic E-state index is 6.62. The van der Waals surface area contributed by atoms with Crippen molar-refractivity contribution in [3.63, 3.8) is 0 Å². The number of rotatable bonds is 6. The molecule has 0 unspecified atom stereocenters. The highest BCUT2D eigenvalue weighted by atomic mass is 16.4.